The summed E-state index contributed by atoms with van der Waals surface area (Å²) in [5.41, 5.74) is -0.317. The van der Waals surface area contributed by atoms with Crippen LogP contribution in [0.15, 0.2) is 23.8 Å². The summed E-state index contributed by atoms with van der Waals surface area (Å²) in [6, 6.07) is 0. The predicted octanol–water partition coefficient (Wildman–Crippen LogP) is 2.06. The minimum atomic E-state index is -0.932. The number of aliphatic hydroxyl groups is 1. The number of esters is 1. The minimum Gasteiger partial charge on any atom is -0.481 e. The molecule has 0 unspecified atom stereocenters. The fraction of sp³-hybridized carbons (Fsp3) is 0.684. The number of allylic oxidation sites excluding steroid dienone is 1. The van der Waals surface area contributed by atoms with E-state index < -0.39 is 28.3 Å². The summed E-state index contributed by atoms with van der Waals surface area (Å²) in [6.45, 7) is 5.93. The van der Waals surface area contributed by atoms with Crippen molar-refractivity contribution >= 4 is 11.9 Å². The highest BCUT2D eigenvalue weighted by Crippen LogP contribution is 2.74. The van der Waals surface area contributed by atoms with Gasteiger partial charge in [0.25, 0.3) is 0 Å². The van der Waals surface area contributed by atoms with Crippen LogP contribution in [0.25, 0.3) is 0 Å². The molecule has 0 aromatic rings. The van der Waals surface area contributed by atoms with E-state index in [1.165, 1.54) is 0 Å². The number of hydrogen-bond donors (Lipinski definition) is 2. The Morgan fingerprint density at radius 2 is 2.21 bits per heavy atom. The molecule has 1 spiro atoms. The zero-order valence-corrected chi connectivity index (χ0v) is 13.7. The van der Waals surface area contributed by atoms with Gasteiger partial charge in [-0.2, -0.15) is 0 Å². The van der Waals surface area contributed by atoms with Gasteiger partial charge in [0.1, 0.15) is 6.10 Å². The average molecular weight is 330 g/mol. The topological polar surface area (TPSA) is 83.8 Å². The monoisotopic (exact) mass is 330 g/mol. The van der Waals surface area contributed by atoms with Gasteiger partial charge in [0, 0.05) is 12.3 Å². The van der Waals surface area contributed by atoms with E-state index in [1.807, 2.05) is 13.0 Å². The van der Waals surface area contributed by atoms with E-state index in [4.69, 9.17) is 4.74 Å². The molecule has 3 saturated carbocycles. The van der Waals surface area contributed by atoms with Crippen molar-refractivity contribution in [3.63, 3.8) is 0 Å². The minimum absolute atomic E-state index is 0.111. The van der Waals surface area contributed by atoms with Gasteiger partial charge in [0.05, 0.1) is 16.9 Å². The number of carbonyl (C=O) groups is 2. The molecule has 0 amide bonds. The summed E-state index contributed by atoms with van der Waals surface area (Å²) in [5, 5.41) is 21.0. The molecule has 0 aromatic carbocycles. The Morgan fingerprint density at radius 3 is 2.92 bits per heavy atom. The molecule has 4 bridgehead atoms. The highest BCUT2D eigenvalue weighted by molar-refractivity contribution is 5.84. The van der Waals surface area contributed by atoms with Crippen molar-refractivity contribution in [1.82, 2.24) is 0 Å². The number of carboxylic acids is 1. The standard InChI is InChI=1S/C19H22O5/c1-9-6-18-8-19(9,23)4-3-12(18)11-5-10-7-17(2,16(22)24-10)13(11)14(18)15(20)21/h5,10,12-14,23H,1,3-4,6-8H2,2H3,(H,20,21)/t10-,12-,13+,14-,17-,18+,19+/m1/s1. The van der Waals surface area contributed by atoms with Crippen molar-refractivity contribution in [3.8, 4) is 0 Å². The molecule has 7 atom stereocenters. The highest BCUT2D eigenvalue weighted by Gasteiger charge is 2.73. The lowest BCUT2D eigenvalue weighted by atomic mass is 9.61. The summed E-state index contributed by atoms with van der Waals surface area (Å²) in [7, 11) is 0. The second-order valence-corrected chi connectivity index (χ2v) is 8.84. The lowest BCUT2D eigenvalue weighted by Crippen LogP contribution is -2.45. The van der Waals surface area contributed by atoms with Gasteiger partial charge in [-0.3, -0.25) is 9.59 Å². The van der Waals surface area contributed by atoms with Crippen molar-refractivity contribution in [2.75, 3.05) is 0 Å². The van der Waals surface area contributed by atoms with E-state index in [9.17, 15) is 19.8 Å². The largest absolute Gasteiger partial charge is 0.481 e. The van der Waals surface area contributed by atoms with Gasteiger partial charge in [0.15, 0.2) is 0 Å². The Morgan fingerprint density at radius 1 is 1.46 bits per heavy atom. The van der Waals surface area contributed by atoms with Crippen molar-refractivity contribution in [1.29, 1.82) is 0 Å². The van der Waals surface area contributed by atoms with Crippen LogP contribution in [0.2, 0.25) is 0 Å². The quantitative estimate of drug-likeness (QED) is 0.568. The number of aliphatic carboxylic acids is 1. The zero-order chi connectivity index (χ0) is 17.1. The molecule has 5 nitrogen and oxygen atoms in total. The summed E-state index contributed by atoms with van der Waals surface area (Å²) in [6.07, 6.45) is 4.78. The predicted molar refractivity (Wildman–Crippen MR) is 83.8 cm³/mol. The van der Waals surface area contributed by atoms with Crippen molar-refractivity contribution in [3.05, 3.63) is 23.8 Å². The van der Waals surface area contributed by atoms with Crippen LogP contribution in [0.5, 0.6) is 0 Å². The van der Waals surface area contributed by atoms with Crippen LogP contribution in [-0.2, 0) is 14.3 Å². The number of hydrogen-bond acceptors (Lipinski definition) is 4. The molecular weight excluding hydrogens is 308 g/mol. The maximum atomic E-state index is 12.5. The van der Waals surface area contributed by atoms with Crippen LogP contribution in [0.1, 0.15) is 39.0 Å². The first-order valence-corrected chi connectivity index (χ1v) is 8.77. The Balaban J connectivity index is 1.73. The second kappa shape index (κ2) is 3.96. The summed E-state index contributed by atoms with van der Waals surface area (Å²) in [4.78, 5) is 24.8. The maximum absolute atomic E-state index is 12.5. The molecule has 2 N–H and O–H groups in total. The van der Waals surface area contributed by atoms with Crippen molar-refractivity contribution in [2.45, 2.75) is 50.7 Å². The number of ether oxygens (including phenoxy) is 1. The van der Waals surface area contributed by atoms with E-state index in [0.717, 1.165) is 17.6 Å². The molecule has 5 rings (SSSR count). The SMILES string of the molecule is C=C1C[C@]23C[C@@]1(O)CC[C@@H]2C1=C[C@@H]2C[C@@](C)(C(=O)O2)[C@@H]1[C@@H]3C(=O)O. The van der Waals surface area contributed by atoms with E-state index >= 15 is 0 Å². The van der Waals surface area contributed by atoms with Crippen LogP contribution < -0.4 is 0 Å². The maximum Gasteiger partial charge on any atom is 0.313 e. The van der Waals surface area contributed by atoms with E-state index in [-0.39, 0.29) is 23.9 Å². The van der Waals surface area contributed by atoms with Gasteiger partial charge < -0.3 is 14.9 Å². The molecule has 0 radical (unpaired) electrons. The van der Waals surface area contributed by atoms with Crippen LogP contribution in [-0.4, -0.2) is 33.9 Å². The molecule has 1 heterocycles. The average Bonchev–Trinajstić information content (AvgIpc) is 2.97. The van der Waals surface area contributed by atoms with E-state index in [1.54, 1.807) is 0 Å². The Labute approximate surface area is 140 Å². The van der Waals surface area contributed by atoms with Gasteiger partial charge >= 0.3 is 11.9 Å². The van der Waals surface area contributed by atoms with Crippen LogP contribution in [0.4, 0.5) is 0 Å². The normalized spacial score (nSPS) is 54.2. The molecule has 1 aliphatic heterocycles. The number of fused-ring (bicyclic) bond motifs is 6. The Kier molecular flexibility index (Phi) is 2.42. The molecule has 128 valence electrons. The van der Waals surface area contributed by atoms with Crippen molar-refractivity contribution in [2.24, 2.45) is 28.6 Å². The molecule has 5 heteroatoms. The molecular formula is C19H22O5. The van der Waals surface area contributed by atoms with E-state index in [2.05, 4.69) is 6.58 Å². The summed E-state index contributed by atoms with van der Waals surface area (Å²) in [5.74, 6) is -1.99. The lowest BCUT2D eigenvalue weighted by Gasteiger charge is -2.41. The highest BCUT2D eigenvalue weighted by atomic mass is 16.6. The lowest BCUT2D eigenvalue weighted by molar-refractivity contribution is -0.156. The summed E-state index contributed by atoms with van der Waals surface area (Å²) < 4.78 is 5.48. The summed E-state index contributed by atoms with van der Waals surface area (Å²) >= 11 is 0. The molecule has 5 aliphatic rings. The van der Waals surface area contributed by atoms with Gasteiger partial charge in [-0.1, -0.05) is 12.2 Å². The van der Waals surface area contributed by atoms with Gasteiger partial charge in [-0.15, -0.1) is 0 Å². The van der Waals surface area contributed by atoms with Crippen LogP contribution in [0, 0.1) is 28.6 Å². The second-order valence-electron chi connectivity index (χ2n) is 8.84. The third-order valence-electron chi connectivity index (χ3n) is 7.76. The first-order valence-electron chi connectivity index (χ1n) is 8.77. The fourth-order valence-electron chi connectivity index (χ4n) is 6.87. The van der Waals surface area contributed by atoms with Gasteiger partial charge in [-0.25, -0.2) is 0 Å². The molecule has 0 aromatic heterocycles. The Hall–Kier alpha value is -1.62. The number of rotatable bonds is 1. The smallest absolute Gasteiger partial charge is 0.313 e. The van der Waals surface area contributed by atoms with Crippen LogP contribution in [0.3, 0.4) is 0 Å². The third kappa shape index (κ3) is 1.38. The third-order valence-corrected chi connectivity index (χ3v) is 7.76. The Bertz CT molecular complexity index is 738. The van der Waals surface area contributed by atoms with E-state index in [0.29, 0.717) is 25.7 Å². The molecule has 24 heavy (non-hydrogen) atoms. The van der Waals surface area contributed by atoms with Crippen LogP contribution >= 0.6 is 0 Å². The molecule has 4 fully saturated rings. The molecule has 1 saturated heterocycles. The first kappa shape index (κ1) is 14.7. The number of carboxylic acid groups (broad SMARTS) is 1. The van der Waals surface area contributed by atoms with Gasteiger partial charge in [-0.05, 0) is 55.6 Å². The molecule has 4 aliphatic carbocycles. The first-order chi connectivity index (χ1) is 11.2. The number of carbonyl (C=O) groups excluding carboxylic acids is 1. The zero-order valence-electron chi connectivity index (χ0n) is 13.7. The van der Waals surface area contributed by atoms with Gasteiger partial charge in [0.2, 0.25) is 0 Å². The van der Waals surface area contributed by atoms with Crippen molar-refractivity contribution < 1.29 is 24.5 Å². The fourth-order valence-corrected chi connectivity index (χ4v) is 6.87.